The molecule has 2 atom stereocenters. The maximum Gasteiger partial charge on any atom is 0.100 e. The Labute approximate surface area is 119 Å². The van der Waals surface area contributed by atoms with Crippen LogP contribution in [0.2, 0.25) is 0 Å². The highest BCUT2D eigenvalue weighted by molar-refractivity contribution is 7.84. The predicted molar refractivity (Wildman–Crippen MR) is 82.4 cm³/mol. The molecule has 0 aliphatic carbocycles. The highest BCUT2D eigenvalue weighted by atomic mass is 32.2. The largest absolute Gasteiger partial charge is 0.242 e. The van der Waals surface area contributed by atoms with Gasteiger partial charge in [0.15, 0.2) is 0 Å². The number of hydrogen-bond donors (Lipinski definition) is 0. The summed E-state index contributed by atoms with van der Waals surface area (Å²) in [5.74, 6) is 0. The van der Waals surface area contributed by atoms with E-state index in [2.05, 4.69) is 56.3 Å². The number of benzene rings is 1. The summed E-state index contributed by atoms with van der Waals surface area (Å²) >= 11 is 0. The van der Waals surface area contributed by atoms with Crippen molar-refractivity contribution in [3.05, 3.63) is 35.4 Å². The Balaban J connectivity index is 2.28. The van der Waals surface area contributed by atoms with Crippen LogP contribution in [0, 0.1) is 6.92 Å². The topological polar surface area (TPSA) is 20.3 Å². The molecule has 0 aromatic heterocycles. The Kier molecular flexibility index (Phi) is 4.46. The van der Waals surface area contributed by atoms with E-state index in [0.29, 0.717) is 6.04 Å². The molecule has 1 fully saturated rings. The van der Waals surface area contributed by atoms with Crippen LogP contribution in [0.3, 0.4) is 0 Å². The quantitative estimate of drug-likeness (QED) is 0.801. The van der Waals surface area contributed by atoms with Gasteiger partial charge in [0.05, 0.1) is 4.75 Å². The molecule has 2 rings (SSSR count). The maximum atomic E-state index is 12.7. The van der Waals surface area contributed by atoms with Crippen molar-refractivity contribution >= 4 is 11.0 Å². The fourth-order valence-electron chi connectivity index (χ4n) is 2.67. The minimum absolute atomic E-state index is 0.181. The standard InChI is InChI=1S/C16H25NOS/c1-13-8-7-9-14(12-13)15-10-5-6-11-17(15)19(18)16(2,3)4/h7-9,12,15H,5-6,10-11H2,1-4H3. The van der Waals surface area contributed by atoms with E-state index >= 15 is 0 Å². The molecule has 1 aliphatic rings. The summed E-state index contributed by atoms with van der Waals surface area (Å²) < 4.78 is 14.8. The number of aryl methyl sites for hydroxylation is 1. The van der Waals surface area contributed by atoms with Crippen molar-refractivity contribution in [2.24, 2.45) is 0 Å². The molecule has 106 valence electrons. The lowest BCUT2D eigenvalue weighted by Gasteiger charge is -2.38. The van der Waals surface area contributed by atoms with E-state index < -0.39 is 11.0 Å². The molecule has 0 amide bonds. The van der Waals surface area contributed by atoms with E-state index in [1.165, 1.54) is 17.5 Å². The third-order valence-corrected chi connectivity index (χ3v) is 5.53. The summed E-state index contributed by atoms with van der Waals surface area (Å²) in [6.07, 6.45) is 3.51. The van der Waals surface area contributed by atoms with Crippen molar-refractivity contribution in [3.63, 3.8) is 0 Å². The van der Waals surface area contributed by atoms with Crippen LogP contribution in [0.4, 0.5) is 0 Å². The van der Waals surface area contributed by atoms with Crippen molar-refractivity contribution in [2.45, 2.75) is 57.7 Å². The Morgan fingerprint density at radius 3 is 2.63 bits per heavy atom. The Hall–Kier alpha value is -0.670. The Morgan fingerprint density at radius 2 is 2.00 bits per heavy atom. The molecule has 19 heavy (non-hydrogen) atoms. The molecule has 0 bridgehead atoms. The van der Waals surface area contributed by atoms with Crippen LogP contribution in [-0.4, -0.2) is 19.8 Å². The van der Waals surface area contributed by atoms with Gasteiger partial charge in [-0.1, -0.05) is 36.2 Å². The van der Waals surface area contributed by atoms with E-state index in [1.54, 1.807) is 0 Å². The van der Waals surface area contributed by atoms with Crippen LogP contribution >= 0.6 is 0 Å². The number of nitrogens with zero attached hydrogens (tertiary/aromatic N) is 1. The summed E-state index contributed by atoms with van der Waals surface area (Å²) in [6.45, 7) is 9.25. The molecule has 0 spiro atoms. The molecular weight excluding hydrogens is 254 g/mol. The number of hydrogen-bond acceptors (Lipinski definition) is 1. The monoisotopic (exact) mass is 279 g/mol. The van der Waals surface area contributed by atoms with Gasteiger partial charge in [0.1, 0.15) is 11.0 Å². The van der Waals surface area contributed by atoms with Gasteiger partial charge in [-0.05, 0) is 46.1 Å². The van der Waals surface area contributed by atoms with Crippen LogP contribution in [0.25, 0.3) is 0 Å². The van der Waals surface area contributed by atoms with Crippen molar-refractivity contribution in [1.29, 1.82) is 0 Å². The summed E-state index contributed by atoms with van der Waals surface area (Å²) in [4.78, 5) is 0. The predicted octanol–water partition coefficient (Wildman–Crippen LogP) is 3.98. The van der Waals surface area contributed by atoms with Crippen LogP contribution in [0.15, 0.2) is 24.3 Å². The number of piperidine rings is 1. The smallest absolute Gasteiger partial charge is 0.100 e. The molecule has 2 unspecified atom stereocenters. The molecule has 0 N–H and O–H groups in total. The van der Waals surface area contributed by atoms with Crippen molar-refractivity contribution in [3.8, 4) is 0 Å². The van der Waals surface area contributed by atoms with Crippen LogP contribution in [0.5, 0.6) is 0 Å². The third kappa shape index (κ3) is 3.46. The third-order valence-electron chi connectivity index (χ3n) is 3.62. The molecule has 1 aromatic rings. The van der Waals surface area contributed by atoms with E-state index in [1.807, 2.05) is 0 Å². The average Bonchev–Trinajstić information content (AvgIpc) is 2.37. The van der Waals surface area contributed by atoms with Gasteiger partial charge in [-0.15, -0.1) is 0 Å². The summed E-state index contributed by atoms with van der Waals surface area (Å²) in [5.41, 5.74) is 2.60. The van der Waals surface area contributed by atoms with Gasteiger partial charge >= 0.3 is 0 Å². The van der Waals surface area contributed by atoms with Crippen molar-refractivity contribution in [2.75, 3.05) is 6.54 Å². The van der Waals surface area contributed by atoms with Gasteiger partial charge in [0, 0.05) is 12.6 Å². The lowest BCUT2D eigenvalue weighted by atomic mass is 9.96. The first kappa shape index (κ1) is 14.7. The van der Waals surface area contributed by atoms with Gasteiger partial charge in [-0.3, -0.25) is 0 Å². The molecule has 1 heterocycles. The second kappa shape index (κ2) is 5.76. The Bertz CT molecular complexity index is 464. The molecule has 0 saturated carbocycles. The summed E-state index contributed by atoms with van der Waals surface area (Å²) in [5, 5.41) is 0. The second-order valence-electron chi connectivity index (χ2n) is 6.43. The first-order chi connectivity index (χ1) is 8.89. The maximum absolute atomic E-state index is 12.7. The fraction of sp³-hybridized carbons (Fsp3) is 0.625. The summed E-state index contributed by atoms with van der Waals surface area (Å²) in [7, 11) is -0.928. The SMILES string of the molecule is Cc1cccc(C2CCCCN2S(=O)C(C)(C)C)c1. The van der Waals surface area contributed by atoms with E-state index in [9.17, 15) is 4.21 Å². The molecule has 3 heteroatoms. The fourth-order valence-corrected chi connectivity index (χ4v) is 4.12. The van der Waals surface area contributed by atoms with Crippen molar-refractivity contribution in [1.82, 2.24) is 4.31 Å². The molecule has 1 aromatic carbocycles. The first-order valence-electron chi connectivity index (χ1n) is 7.15. The van der Waals surface area contributed by atoms with Gasteiger partial charge in [0.25, 0.3) is 0 Å². The first-order valence-corrected chi connectivity index (χ1v) is 8.25. The van der Waals surface area contributed by atoms with Gasteiger partial charge < -0.3 is 0 Å². The molecular formula is C16H25NOS. The molecule has 2 nitrogen and oxygen atoms in total. The van der Waals surface area contributed by atoms with Gasteiger partial charge in [-0.25, -0.2) is 8.51 Å². The minimum Gasteiger partial charge on any atom is -0.242 e. The lowest BCUT2D eigenvalue weighted by molar-refractivity contribution is 0.264. The van der Waals surface area contributed by atoms with Crippen LogP contribution in [0.1, 0.15) is 57.2 Å². The van der Waals surface area contributed by atoms with Gasteiger partial charge in [0.2, 0.25) is 0 Å². The van der Waals surface area contributed by atoms with E-state index in [0.717, 1.165) is 19.4 Å². The second-order valence-corrected chi connectivity index (χ2v) is 8.62. The highest BCUT2D eigenvalue weighted by Crippen LogP contribution is 2.35. The van der Waals surface area contributed by atoms with Crippen LogP contribution < -0.4 is 0 Å². The zero-order valence-corrected chi connectivity index (χ0v) is 13.3. The molecule has 1 saturated heterocycles. The number of rotatable bonds is 2. The lowest BCUT2D eigenvalue weighted by Crippen LogP contribution is -2.42. The Morgan fingerprint density at radius 1 is 1.26 bits per heavy atom. The van der Waals surface area contributed by atoms with Crippen LogP contribution in [-0.2, 0) is 11.0 Å². The normalized spacial score (nSPS) is 23.3. The van der Waals surface area contributed by atoms with E-state index in [4.69, 9.17) is 0 Å². The minimum atomic E-state index is -0.928. The molecule has 0 radical (unpaired) electrons. The van der Waals surface area contributed by atoms with Gasteiger partial charge in [-0.2, -0.15) is 0 Å². The highest BCUT2D eigenvalue weighted by Gasteiger charge is 2.33. The zero-order chi connectivity index (χ0) is 14.0. The molecule has 1 aliphatic heterocycles. The zero-order valence-electron chi connectivity index (χ0n) is 12.5. The summed E-state index contributed by atoms with van der Waals surface area (Å²) in [6, 6.07) is 8.96. The average molecular weight is 279 g/mol. The van der Waals surface area contributed by atoms with E-state index in [-0.39, 0.29) is 4.75 Å². The van der Waals surface area contributed by atoms with Crippen molar-refractivity contribution < 1.29 is 4.21 Å².